The van der Waals surface area contributed by atoms with Crippen LogP contribution < -0.4 is 5.32 Å². The van der Waals surface area contributed by atoms with Gasteiger partial charge in [-0.05, 0) is 6.92 Å². The minimum absolute atomic E-state index is 0.526. The number of H-pyrrole nitrogens is 1. The van der Waals surface area contributed by atoms with E-state index >= 15 is 0 Å². The van der Waals surface area contributed by atoms with E-state index in [1.165, 1.54) is 0 Å². The lowest BCUT2D eigenvalue weighted by molar-refractivity contribution is 0.582. The van der Waals surface area contributed by atoms with Gasteiger partial charge in [-0.15, -0.1) is 0 Å². The molecule has 11 heavy (non-hydrogen) atoms. The molecule has 0 aromatic carbocycles. The molecular weight excluding hydrogens is 138 g/mol. The van der Waals surface area contributed by atoms with E-state index in [1.54, 1.807) is 0 Å². The minimum atomic E-state index is 0.526. The number of aryl methyl sites for hydroxylation is 1. The van der Waals surface area contributed by atoms with Crippen LogP contribution in [0.2, 0.25) is 0 Å². The second kappa shape index (κ2) is 3.53. The first kappa shape index (κ1) is 8.27. The first-order valence-electron chi connectivity index (χ1n) is 3.92. The molecule has 0 aliphatic rings. The Morgan fingerprint density at radius 3 is 2.82 bits per heavy atom. The molecule has 0 aliphatic carbocycles. The zero-order chi connectivity index (χ0) is 8.27. The van der Waals surface area contributed by atoms with Crippen molar-refractivity contribution in [3.8, 4) is 0 Å². The van der Waals surface area contributed by atoms with Crippen molar-refractivity contribution >= 4 is 0 Å². The van der Waals surface area contributed by atoms with E-state index in [0.717, 1.165) is 18.1 Å². The zero-order valence-electron chi connectivity index (χ0n) is 7.31. The number of nitrogens with one attached hydrogen (secondary N) is 2. The van der Waals surface area contributed by atoms with Gasteiger partial charge in [0, 0.05) is 24.5 Å². The summed E-state index contributed by atoms with van der Waals surface area (Å²) in [5.41, 5.74) is 1.15. The molecule has 1 aromatic heterocycles. The number of nitrogens with zero attached hydrogens (tertiary/aromatic N) is 1. The van der Waals surface area contributed by atoms with Crippen LogP contribution in [0.1, 0.15) is 25.4 Å². The number of hydrogen-bond donors (Lipinski definition) is 2. The predicted octanol–water partition coefficient (Wildman–Crippen LogP) is 1.22. The van der Waals surface area contributed by atoms with Crippen molar-refractivity contribution in [1.82, 2.24) is 15.3 Å². The van der Waals surface area contributed by atoms with Crippen molar-refractivity contribution in [1.29, 1.82) is 0 Å². The Morgan fingerprint density at radius 1 is 1.64 bits per heavy atom. The highest BCUT2D eigenvalue weighted by Gasteiger charge is 1.96. The molecule has 1 rings (SSSR count). The lowest BCUT2D eigenvalue weighted by atomic mass is 10.4. The van der Waals surface area contributed by atoms with Crippen LogP contribution in [0.15, 0.2) is 6.20 Å². The van der Waals surface area contributed by atoms with Gasteiger partial charge in [-0.25, -0.2) is 4.98 Å². The second-order valence-corrected chi connectivity index (χ2v) is 3.03. The van der Waals surface area contributed by atoms with Crippen LogP contribution in [0.4, 0.5) is 0 Å². The summed E-state index contributed by atoms with van der Waals surface area (Å²) >= 11 is 0. The van der Waals surface area contributed by atoms with Crippen LogP contribution in [0.3, 0.4) is 0 Å². The smallest absolute Gasteiger partial charge is 0.103 e. The molecule has 0 fully saturated rings. The maximum Gasteiger partial charge on any atom is 0.103 e. The average molecular weight is 153 g/mol. The monoisotopic (exact) mass is 153 g/mol. The molecule has 3 nitrogen and oxygen atoms in total. The fraction of sp³-hybridized carbons (Fsp3) is 0.625. The van der Waals surface area contributed by atoms with Gasteiger partial charge in [0.1, 0.15) is 5.82 Å². The molecule has 0 aliphatic heterocycles. The fourth-order valence-electron chi connectivity index (χ4n) is 0.876. The summed E-state index contributed by atoms with van der Waals surface area (Å²) in [4.78, 5) is 7.26. The van der Waals surface area contributed by atoms with Gasteiger partial charge in [-0.1, -0.05) is 13.8 Å². The quantitative estimate of drug-likeness (QED) is 0.685. The molecule has 0 saturated heterocycles. The molecule has 2 N–H and O–H groups in total. The molecule has 1 aromatic rings. The molecule has 62 valence electrons. The topological polar surface area (TPSA) is 40.7 Å². The van der Waals surface area contributed by atoms with Crippen molar-refractivity contribution in [3.63, 3.8) is 0 Å². The summed E-state index contributed by atoms with van der Waals surface area (Å²) in [5, 5.41) is 3.30. The molecule has 0 unspecified atom stereocenters. The molecule has 0 atom stereocenters. The number of hydrogen-bond acceptors (Lipinski definition) is 2. The molecular formula is C8H15N3. The maximum absolute atomic E-state index is 4.10. The van der Waals surface area contributed by atoms with E-state index < -0.39 is 0 Å². The molecule has 3 heteroatoms. The van der Waals surface area contributed by atoms with Crippen LogP contribution in [0, 0.1) is 6.92 Å². The summed E-state index contributed by atoms with van der Waals surface area (Å²) in [6, 6.07) is 0.526. The van der Waals surface area contributed by atoms with E-state index in [9.17, 15) is 0 Å². The lowest BCUT2D eigenvalue weighted by Crippen LogP contribution is -2.21. The third-order valence-electron chi connectivity index (χ3n) is 1.46. The highest BCUT2D eigenvalue weighted by Crippen LogP contribution is 1.94. The van der Waals surface area contributed by atoms with Crippen LogP contribution >= 0.6 is 0 Å². The number of aromatic amines is 1. The van der Waals surface area contributed by atoms with E-state index in [-0.39, 0.29) is 0 Å². The van der Waals surface area contributed by atoms with Gasteiger partial charge in [-0.2, -0.15) is 0 Å². The fourth-order valence-corrected chi connectivity index (χ4v) is 0.876. The maximum atomic E-state index is 4.10. The molecule has 0 radical (unpaired) electrons. The van der Waals surface area contributed by atoms with Crippen LogP contribution in [0.5, 0.6) is 0 Å². The van der Waals surface area contributed by atoms with Crippen molar-refractivity contribution in [2.24, 2.45) is 0 Å². The van der Waals surface area contributed by atoms with Gasteiger partial charge >= 0.3 is 0 Å². The third-order valence-corrected chi connectivity index (χ3v) is 1.46. The van der Waals surface area contributed by atoms with Crippen molar-refractivity contribution in [3.05, 3.63) is 17.7 Å². The molecule has 0 spiro atoms. The lowest BCUT2D eigenvalue weighted by Gasteiger charge is -2.04. The highest BCUT2D eigenvalue weighted by molar-refractivity contribution is 4.99. The Kier molecular flexibility index (Phi) is 2.65. The minimum Gasteiger partial charge on any atom is -0.345 e. The summed E-state index contributed by atoms with van der Waals surface area (Å²) in [5.74, 6) is 0.977. The Bertz CT molecular complexity index is 215. The standard InChI is InChI=1S/C8H15N3/c1-6(2)9-4-8-5-10-7(3)11-8/h5-6,9H,4H2,1-3H3,(H,10,11). The van der Waals surface area contributed by atoms with E-state index in [0.29, 0.717) is 6.04 Å². The van der Waals surface area contributed by atoms with E-state index in [2.05, 4.69) is 29.1 Å². The van der Waals surface area contributed by atoms with Crippen molar-refractivity contribution in [2.45, 2.75) is 33.4 Å². The van der Waals surface area contributed by atoms with Gasteiger partial charge in [0.25, 0.3) is 0 Å². The summed E-state index contributed by atoms with van der Waals surface area (Å²) < 4.78 is 0. The number of aromatic nitrogens is 2. The second-order valence-electron chi connectivity index (χ2n) is 3.03. The van der Waals surface area contributed by atoms with Gasteiger partial charge in [0.15, 0.2) is 0 Å². The zero-order valence-corrected chi connectivity index (χ0v) is 7.31. The SMILES string of the molecule is Cc1ncc(CNC(C)C)[nH]1. The molecule has 0 bridgehead atoms. The molecule has 0 amide bonds. The Balaban J connectivity index is 2.39. The van der Waals surface area contributed by atoms with Gasteiger partial charge in [0.05, 0.1) is 0 Å². The normalized spacial score (nSPS) is 10.9. The summed E-state index contributed by atoms with van der Waals surface area (Å²) in [6.07, 6.45) is 1.87. The first-order chi connectivity index (χ1) is 5.18. The number of imidazole rings is 1. The highest BCUT2D eigenvalue weighted by atomic mass is 15.0. The van der Waals surface area contributed by atoms with Crippen LogP contribution in [-0.2, 0) is 6.54 Å². The van der Waals surface area contributed by atoms with Crippen LogP contribution in [-0.4, -0.2) is 16.0 Å². The van der Waals surface area contributed by atoms with Crippen molar-refractivity contribution in [2.75, 3.05) is 0 Å². The molecule has 1 heterocycles. The van der Waals surface area contributed by atoms with Crippen molar-refractivity contribution < 1.29 is 0 Å². The average Bonchev–Trinajstić information content (AvgIpc) is 2.31. The Hall–Kier alpha value is -0.830. The predicted molar refractivity (Wildman–Crippen MR) is 45.3 cm³/mol. The van der Waals surface area contributed by atoms with Gasteiger partial charge in [0.2, 0.25) is 0 Å². The van der Waals surface area contributed by atoms with Gasteiger partial charge in [-0.3, -0.25) is 0 Å². The Labute approximate surface area is 67.2 Å². The van der Waals surface area contributed by atoms with Gasteiger partial charge < -0.3 is 10.3 Å². The Morgan fingerprint density at radius 2 is 2.36 bits per heavy atom. The van der Waals surface area contributed by atoms with E-state index in [1.807, 2.05) is 13.1 Å². The first-order valence-corrected chi connectivity index (χ1v) is 3.92. The van der Waals surface area contributed by atoms with Crippen LogP contribution in [0.25, 0.3) is 0 Å². The number of rotatable bonds is 3. The summed E-state index contributed by atoms with van der Waals surface area (Å²) in [7, 11) is 0. The van der Waals surface area contributed by atoms with E-state index in [4.69, 9.17) is 0 Å². The summed E-state index contributed by atoms with van der Waals surface area (Å²) in [6.45, 7) is 7.09. The third kappa shape index (κ3) is 2.72. The largest absolute Gasteiger partial charge is 0.345 e. The molecule has 0 saturated carbocycles.